The first-order chi connectivity index (χ1) is 22.2. The molecule has 1 fully saturated rings. The Hall–Kier alpha value is -5.00. The number of piperazine rings is 1. The summed E-state index contributed by atoms with van der Waals surface area (Å²) in [4.78, 5) is 38.1. The second-order valence-electron chi connectivity index (χ2n) is 11.5. The number of halogens is 1. The average molecular weight is 638 g/mol. The number of nitrogens with zero attached hydrogens (tertiary/aromatic N) is 6. The standard InChI is InChI=1S/C34H36ClN9O2/c1-22-20-44(15-14-37-22)32-18-25(10-12-38-32)24-6-9-28(35)26(16-24)17-29(41-34(46)30-11-13-39-43(30)3)33(45)40-27-7-4-23(5-8-27)31-19-36-21-42(31)2/h4-13,16,18-19,21-22,29,37H,14-15,17,20H2,1-3H3,(H,40,45)(H,41,46)/t22-,29?/m1/s1. The first-order valence-corrected chi connectivity index (χ1v) is 15.5. The molecule has 1 saturated heterocycles. The molecule has 3 aromatic heterocycles. The van der Waals surface area contributed by atoms with Crippen LogP contribution >= 0.6 is 11.6 Å². The lowest BCUT2D eigenvalue weighted by Crippen LogP contribution is -2.49. The molecule has 0 saturated carbocycles. The molecule has 1 unspecified atom stereocenters. The fourth-order valence-corrected chi connectivity index (χ4v) is 5.86. The van der Waals surface area contributed by atoms with Gasteiger partial charge in [-0.1, -0.05) is 29.8 Å². The van der Waals surface area contributed by atoms with Gasteiger partial charge in [-0.25, -0.2) is 9.97 Å². The molecular formula is C34H36ClN9O2. The molecular weight excluding hydrogens is 602 g/mol. The van der Waals surface area contributed by atoms with Gasteiger partial charge in [-0.2, -0.15) is 5.10 Å². The van der Waals surface area contributed by atoms with Crippen molar-refractivity contribution in [2.24, 2.45) is 14.1 Å². The van der Waals surface area contributed by atoms with E-state index in [0.29, 0.717) is 22.4 Å². The zero-order chi connectivity index (χ0) is 32.2. The molecule has 46 heavy (non-hydrogen) atoms. The lowest BCUT2D eigenvalue weighted by atomic mass is 9.99. The molecule has 4 heterocycles. The molecule has 0 aliphatic carbocycles. The Kier molecular flexibility index (Phi) is 9.13. The van der Waals surface area contributed by atoms with E-state index in [9.17, 15) is 9.59 Å². The number of anilines is 2. The number of nitrogens with one attached hydrogen (secondary N) is 3. The second kappa shape index (κ2) is 13.6. The van der Waals surface area contributed by atoms with Gasteiger partial charge in [0, 0.05) is 69.3 Å². The number of hydrogen-bond donors (Lipinski definition) is 3. The van der Waals surface area contributed by atoms with E-state index in [4.69, 9.17) is 11.6 Å². The quantitative estimate of drug-likeness (QED) is 0.220. The molecule has 11 nitrogen and oxygen atoms in total. The molecule has 0 bridgehead atoms. The summed E-state index contributed by atoms with van der Waals surface area (Å²) in [6.45, 7) is 4.83. The van der Waals surface area contributed by atoms with Gasteiger partial charge >= 0.3 is 0 Å². The lowest BCUT2D eigenvalue weighted by Gasteiger charge is -2.32. The van der Waals surface area contributed by atoms with Crippen LogP contribution in [0.25, 0.3) is 22.4 Å². The number of pyridine rings is 1. The smallest absolute Gasteiger partial charge is 0.270 e. The Morgan fingerprint density at radius 2 is 1.80 bits per heavy atom. The number of aryl methyl sites for hydroxylation is 2. The summed E-state index contributed by atoms with van der Waals surface area (Å²) >= 11 is 6.71. The van der Waals surface area contributed by atoms with E-state index >= 15 is 0 Å². The van der Waals surface area contributed by atoms with Crippen LogP contribution in [0.1, 0.15) is 23.0 Å². The zero-order valence-electron chi connectivity index (χ0n) is 25.9. The minimum absolute atomic E-state index is 0.169. The first-order valence-electron chi connectivity index (χ1n) is 15.1. The molecule has 0 radical (unpaired) electrons. The van der Waals surface area contributed by atoms with Crippen LogP contribution in [0.3, 0.4) is 0 Å². The number of carbonyl (C=O) groups is 2. The summed E-state index contributed by atoms with van der Waals surface area (Å²) in [6, 6.07) is 18.3. The van der Waals surface area contributed by atoms with Crippen LogP contribution in [0.15, 0.2) is 85.6 Å². The number of benzene rings is 2. The van der Waals surface area contributed by atoms with Crippen LogP contribution in [0.2, 0.25) is 5.02 Å². The predicted molar refractivity (Wildman–Crippen MR) is 180 cm³/mol. The minimum Gasteiger partial charge on any atom is -0.354 e. The molecule has 6 rings (SSSR count). The van der Waals surface area contributed by atoms with Crippen LogP contribution in [0.5, 0.6) is 0 Å². The third-order valence-corrected chi connectivity index (χ3v) is 8.55. The van der Waals surface area contributed by atoms with Gasteiger partial charge in [0.1, 0.15) is 17.6 Å². The van der Waals surface area contributed by atoms with Crippen LogP contribution in [0.4, 0.5) is 11.5 Å². The van der Waals surface area contributed by atoms with E-state index in [2.05, 4.69) is 48.9 Å². The monoisotopic (exact) mass is 637 g/mol. The van der Waals surface area contributed by atoms with Crippen LogP contribution < -0.4 is 20.9 Å². The van der Waals surface area contributed by atoms with Crippen molar-refractivity contribution in [1.82, 2.24) is 34.9 Å². The van der Waals surface area contributed by atoms with Crippen molar-refractivity contribution in [2.75, 3.05) is 29.9 Å². The number of amides is 2. The van der Waals surface area contributed by atoms with Gasteiger partial charge in [0.05, 0.1) is 18.2 Å². The summed E-state index contributed by atoms with van der Waals surface area (Å²) in [5, 5.41) is 13.9. The molecule has 0 spiro atoms. The van der Waals surface area contributed by atoms with Gasteiger partial charge < -0.3 is 25.4 Å². The van der Waals surface area contributed by atoms with Crippen molar-refractivity contribution < 1.29 is 9.59 Å². The maximum atomic E-state index is 13.8. The molecule has 2 aromatic carbocycles. The number of carbonyl (C=O) groups excluding carboxylic acids is 2. The molecule has 2 atom stereocenters. The van der Waals surface area contributed by atoms with Crippen molar-refractivity contribution in [3.8, 4) is 22.4 Å². The SMILES string of the molecule is C[C@@H]1CN(c2cc(-c3ccc(Cl)c(CC(NC(=O)c4ccnn4C)C(=O)Nc4ccc(-c5cncn5C)cc4)c3)ccn2)CCN1. The summed E-state index contributed by atoms with van der Waals surface area (Å²) in [5.41, 5.74) is 5.51. The largest absolute Gasteiger partial charge is 0.354 e. The summed E-state index contributed by atoms with van der Waals surface area (Å²) in [7, 11) is 3.60. The summed E-state index contributed by atoms with van der Waals surface area (Å²) in [6.07, 6.45) is 7.05. The van der Waals surface area contributed by atoms with Crippen molar-refractivity contribution >= 4 is 34.9 Å². The lowest BCUT2D eigenvalue weighted by molar-refractivity contribution is -0.118. The highest BCUT2D eigenvalue weighted by Gasteiger charge is 2.25. The Bertz CT molecular complexity index is 1850. The number of hydrogen-bond acceptors (Lipinski definition) is 7. The second-order valence-corrected chi connectivity index (χ2v) is 11.9. The van der Waals surface area contributed by atoms with Crippen LogP contribution in [-0.2, 0) is 25.3 Å². The predicted octanol–water partition coefficient (Wildman–Crippen LogP) is 4.31. The van der Waals surface area contributed by atoms with Crippen molar-refractivity contribution in [3.05, 3.63) is 102 Å². The van der Waals surface area contributed by atoms with Crippen LogP contribution in [-0.4, -0.2) is 67.8 Å². The highest BCUT2D eigenvalue weighted by atomic mass is 35.5. The van der Waals surface area contributed by atoms with Crippen molar-refractivity contribution in [1.29, 1.82) is 0 Å². The van der Waals surface area contributed by atoms with E-state index in [1.165, 1.54) is 10.9 Å². The van der Waals surface area contributed by atoms with E-state index in [1.54, 1.807) is 25.6 Å². The third kappa shape index (κ3) is 6.95. The Balaban J connectivity index is 1.25. The number of aromatic nitrogens is 5. The van der Waals surface area contributed by atoms with Gasteiger partial charge in [-0.3, -0.25) is 14.3 Å². The summed E-state index contributed by atoms with van der Waals surface area (Å²) < 4.78 is 3.39. The Labute approximate surface area is 272 Å². The molecule has 1 aliphatic rings. The van der Waals surface area contributed by atoms with Crippen LogP contribution in [0, 0.1) is 0 Å². The maximum Gasteiger partial charge on any atom is 0.270 e. The molecule has 3 N–H and O–H groups in total. The number of imidazole rings is 1. The average Bonchev–Trinajstić information content (AvgIpc) is 3.69. The highest BCUT2D eigenvalue weighted by molar-refractivity contribution is 6.31. The fourth-order valence-electron chi connectivity index (χ4n) is 5.67. The van der Waals surface area contributed by atoms with E-state index in [1.807, 2.05) is 66.3 Å². The number of rotatable bonds is 9. The minimum atomic E-state index is -0.928. The van der Waals surface area contributed by atoms with E-state index in [-0.39, 0.29) is 12.3 Å². The van der Waals surface area contributed by atoms with E-state index in [0.717, 1.165) is 53.4 Å². The fraction of sp³-hybridized carbons (Fsp3) is 0.265. The maximum absolute atomic E-state index is 13.8. The topological polar surface area (TPSA) is 122 Å². The summed E-state index contributed by atoms with van der Waals surface area (Å²) in [5.74, 6) is 0.129. The van der Waals surface area contributed by atoms with Gasteiger partial charge in [-0.05, 0) is 71.6 Å². The van der Waals surface area contributed by atoms with Crippen molar-refractivity contribution in [3.63, 3.8) is 0 Å². The van der Waals surface area contributed by atoms with Gasteiger partial charge in [0.15, 0.2) is 0 Å². The highest BCUT2D eigenvalue weighted by Crippen LogP contribution is 2.29. The first kappa shape index (κ1) is 31.0. The molecule has 12 heteroatoms. The van der Waals surface area contributed by atoms with Gasteiger partial charge in [0.25, 0.3) is 5.91 Å². The Morgan fingerprint density at radius 1 is 1.02 bits per heavy atom. The van der Waals surface area contributed by atoms with E-state index < -0.39 is 11.9 Å². The molecule has 2 amide bonds. The normalized spacial score (nSPS) is 15.4. The Morgan fingerprint density at radius 3 is 2.52 bits per heavy atom. The third-order valence-electron chi connectivity index (χ3n) is 8.18. The van der Waals surface area contributed by atoms with Gasteiger partial charge in [-0.15, -0.1) is 0 Å². The molecule has 5 aromatic rings. The van der Waals surface area contributed by atoms with Crippen molar-refractivity contribution in [2.45, 2.75) is 25.4 Å². The van der Waals surface area contributed by atoms with Gasteiger partial charge in [0.2, 0.25) is 5.91 Å². The molecule has 236 valence electrons. The molecule has 1 aliphatic heterocycles. The zero-order valence-corrected chi connectivity index (χ0v) is 26.7.